The van der Waals surface area contributed by atoms with Crippen molar-refractivity contribution in [2.24, 2.45) is 0 Å². The number of nitrogens with zero attached hydrogens (tertiary/aromatic N) is 4. The van der Waals surface area contributed by atoms with Crippen LogP contribution in [-0.4, -0.2) is 20.0 Å². The largest absolute Gasteiger partial charge is 0.424 e. The summed E-state index contributed by atoms with van der Waals surface area (Å²) in [7, 11) is 0. The molecule has 0 radical (unpaired) electrons. The molecule has 2 aromatic rings. The Balaban J connectivity index is 1.82. The highest BCUT2D eigenvalue weighted by Gasteiger charge is 2.29. The minimum Gasteiger partial charge on any atom is -0.424 e. The summed E-state index contributed by atoms with van der Waals surface area (Å²) in [6, 6.07) is 0.331. The molecule has 0 fully saturated rings. The van der Waals surface area contributed by atoms with Crippen LogP contribution < -0.4 is 5.32 Å². The summed E-state index contributed by atoms with van der Waals surface area (Å²) in [6.07, 6.45) is 5.39. The zero-order valence-electron chi connectivity index (χ0n) is 14.1. The van der Waals surface area contributed by atoms with E-state index in [0.717, 1.165) is 12.8 Å². The van der Waals surface area contributed by atoms with Gasteiger partial charge in [0.15, 0.2) is 0 Å². The van der Waals surface area contributed by atoms with Crippen LogP contribution in [0.5, 0.6) is 0 Å². The van der Waals surface area contributed by atoms with Crippen LogP contribution in [0.15, 0.2) is 10.6 Å². The van der Waals surface area contributed by atoms with Crippen molar-refractivity contribution in [1.82, 2.24) is 25.3 Å². The van der Waals surface area contributed by atoms with Gasteiger partial charge in [-0.3, -0.25) is 10.00 Å². The van der Waals surface area contributed by atoms with Crippen molar-refractivity contribution in [1.29, 1.82) is 0 Å². The van der Waals surface area contributed by atoms with Gasteiger partial charge in [0.25, 0.3) is 0 Å². The molecule has 0 aliphatic heterocycles. The molecule has 22 heavy (non-hydrogen) atoms. The lowest BCUT2D eigenvalue weighted by Gasteiger charge is -2.29. The van der Waals surface area contributed by atoms with Gasteiger partial charge in [-0.25, -0.2) is 0 Å². The second-order valence-corrected chi connectivity index (χ2v) is 7.12. The number of aryl methyl sites for hydroxylation is 1. The van der Waals surface area contributed by atoms with E-state index in [1.54, 1.807) is 0 Å². The van der Waals surface area contributed by atoms with Crippen LogP contribution in [0.1, 0.15) is 75.7 Å². The van der Waals surface area contributed by atoms with Gasteiger partial charge in [0.2, 0.25) is 11.8 Å². The van der Waals surface area contributed by atoms with Crippen molar-refractivity contribution in [3.63, 3.8) is 0 Å². The lowest BCUT2D eigenvalue weighted by molar-refractivity contribution is 0.324. The van der Waals surface area contributed by atoms with Gasteiger partial charge in [0.1, 0.15) is 0 Å². The molecule has 0 aromatic carbocycles. The van der Waals surface area contributed by atoms with E-state index in [1.807, 2.05) is 13.1 Å². The highest BCUT2D eigenvalue weighted by molar-refractivity contribution is 5.26. The number of rotatable bonds is 3. The topological polar surface area (TPSA) is 68.8 Å². The summed E-state index contributed by atoms with van der Waals surface area (Å²) >= 11 is 0. The van der Waals surface area contributed by atoms with Crippen molar-refractivity contribution in [2.45, 2.75) is 71.5 Å². The highest BCUT2D eigenvalue weighted by atomic mass is 16.4. The average molecular weight is 303 g/mol. The van der Waals surface area contributed by atoms with Crippen molar-refractivity contribution in [3.05, 3.63) is 29.2 Å². The van der Waals surface area contributed by atoms with Crippen LogP contribution in [0.4, 0.5) is 0 Å². The third-order valence-corrected chi connectivity index (χ3v) is 4.18. The SMILES string of the molecule is Cc1nnc(C(C)NC2CCCc3c2cnn3C(C)(C)C)o1. The van der Waals surface area contributed by atoms with E-state index in [4.69, 9.17) is 4.42 Å². The summed E-state index contributed by atoms with van der Waals surface area (Å²) in [5.74, 6) is 1.25. The Kier molecular flexibility index (Phi) is 3.80. The molecule has 1 N–H and O–H groups in total. The van der Waals surface area contributed by atoms with Gasteiger partial charge in [-0.05, 0) is 47.0 Å². The van der Waals surface area contributed by atoms with Gasteiger partial charge >= 0.3 is 0 Å². The predicted octanol–water partition coefficient (Wildman–Crippen LogP) is 3.06. The molecule has 6 nitrogen and oxygen atoms in total. The van der Waals surface area contributed by atoms with Crippen LogP contribution in [0.25, 0.3) is 0 Å². The van der Waals surface area contributed by atoms with E-state index in [2.05, 4.69) is 53.0 Å². The first-order valence-corrected chi connectivity index (χ1v) is 7.99. The molecule has 2 heterocycles. The van der Waals surface area contributed by atoms with E-state index in [-0.39, 0.29) is 11.6 Å². The fourth-order valence-corrected chi connectivity index (χ4v) is 3.17. The van der Waals surface area contributed by atoms with Crippen molar-refractivity contribution < 1.29 is 4.42 Å². The predicted molar refractivity (Wildman–Crippen MR) is 83.5 cm³/mol. The van der Waals surface area contributed by atoms with E-state index < -0.39 is 0 Å². The Bertz CT molecular complexity index is 652. The number of hydrogen-bond acceptors (Lipinski definition) is 5. The Hall–Kier alpha value is -1.69. The Morgan fingerprint density at radius 1 is 1.36 bits per heavy atom. The monoisotopic (exact) mass is 303 g/mol. The summed E-state index contributed by atoms with van der Waals surface area (Å²) < 4.78 is 7.69. The maximum absolute atomic E-state index is 5.53. The molecule has 6 heteroatoms. The van der Waals surface area contributed by atoms with Crippen molar-refractivity contribution in [2.75, 3.05) is 0 Å². The third-order valence-electron chi connectivity index (χ3n) is 4.18. The van der Waals surface area contributed by atoms with E-state index in [1.165, 1.54) is 17.7 Å². The lowest BCUT2D eigenvalue weighted by Crippen LogP contribution is -2.30. The third kappa shape index (κ3) is 2.79. The summed E-state index contributed by atoms with van der Waals surface area (Å²) in [5, 5.41) is 16.3. The Morgan fingerprint density at radius 2 is 2.14 bits per heavy atom. The van der Waals surface area contributed by atoms with E-state index in [0.29, 0.717) is 17.8 Å². The fourth-order valence-electron chi connectivity index (χ4n) is 3.17. The molecular formula is C16H25N5O. The van der Waals surface area contributed by atoms with Gasteiger partial charge in [-0.15, -0.1) is 10.2 Å². The normalized spacial score (nSPS) is 20.0. The number of fused-ring (bicyclic) bond motifs is 1. The molecule has 0 spiro atoms. The number of hydrogen-bond donors (Lipinski definition) is 1. The summed E-state index contributed by atoms with van der Waals surface area (Å²) in [6.45, 7) is 10.5. The molecule has 120 valence electrons. The molecule has 0 bridgehead atoms. The first-order chi connectivity index (χ1) is 10.4. The molecular weight excluding hydrogens is 278 g/mol. The van der Waals surface area contributed by atoms with Crippen LogP contribution in [-0.2, 0) is 12.0 Å². The first-order valence-electron chi connectivity index (χ1n) is 7.99. The van der Waals surface area contributed by atoms with Crippen LogP contribution in [0, 0.1) is 6.92 Å². The smallest absolute Gasteiger partial charge is 0.233 e. The highest BCUT2D eigenvalue weighted by Crippen LogP contribution is 2.33. The standard InChI is InChI=1S/C16H25N5O/c1-10(15-20-19-11(2)22-15)18-13-7-6-8-14-12(13)9-17-21(14)16(3,4)5/h9-10,13,18H,6-8H2,1-5H3. The van der Waals surface area contributed by atoms with Crippen LogP contribution in [0.2, 0.25) is 0 Å². The molecule has 0 saturated heterocycles. The maximum atomic E-state index is 5.53. The van der Waals surface area contributed by atoms with Gasteiger partial charge in [-0.2, -0.15) is 5.10 Å². The van der Waals surface area contributed by atoms with Gasteiger partial charge < -0.3 is 4.42 Å². The molecule has 0 saturated carbocycles. The fraction of sp³-hybridized carbons (Fsp3) is 0.688. The van der Waals surface area contributed by atoms with Crippen molar-refractivity contribution >= 4 is 0 Å². The van der Waals surface area contributed by atoms with Gasteiger partial charge in [0.05, 0.1) is 17.8 Å². The number of aromatic nitrogens is 4. The molecule has 1 aliphatic carbocycles. The Morgan fingerprint density at radius 3 is 2.77 bits per heavy atom. The molecule has 2 aromatic heterocycles. The molecule has 1 aliphatic rings. The van der Waals surface area contributed by atoms with Crippen molar-refractivity contribution in [3.8, 4) is 0 Å². The second-order valence-electron chi connectivity index (χ2n) is 7.12. The summed E-state index contributed by atoms with van der Waals surface area (Å²) in [5.41, 5.74) is 2.68. The molecule has 3 rings (SSSR count). The maximum Gasteiger partial charge on any atom is 0.233 e. The van der Waals surface area contributed by atoms with Crippen LogP contribution in [0.3, 0.4) is 0 Å². The summed E-state index contributed by atoms with van der Waals surface area (Å²) in [4.78, 5) is 0. The lowest BCUT2D eigenvalue weighted by atomic mass is 9.91. The minimum absolute atomic E-state index is 0.0185. The zero-order chi connectivity index (χ0) is 15.9. The second kappa shape index (κ2) is 5.50. The average Bonchev–Trinajstić information content (AvgIpc) is 3.04. The molecule has 2 atom stereocenters. The molecule has 2 unspecified atom stereocenters. The zero-order valence-corrected chi connectivity index (χ0v) is 14.1. The quantitative estimate of drug-likeness (QED) is 0.943. The van der Waals surface area contributed by atoms with E-state index >= 15 is 0 Å². The van der Waals surface area contributed by atoms with E-state index in [9.17, 15) is 0 Å². The number of nitrogens with one attached hydrogen (secondary N) is 1. The van der Waals surface area contributed by atoms with Crippen LogP contribution >= 0.6 is 0 Å². The van der Waals surface area contributed by atoms with Gasteiger partial charge in [0, 0.05) is 24.2 Å². The van der Waals surface area contributed by atoms with Gasteiger partial charge in [-0.1, -0.05) is 0 Å². The molecule has 0 amide bonds. The first kappa shape index (κ1) is 15.2. The Labute approximate surface area is 131 Å². The minimum atomic E-state index is 0.0185.